The van der Waals surface area contributed by atoms with Crippen LogP contribution in [0.3, 0.4) is 0 Å². The standard InChI is InChI=1S/C30H46O9/c1-17-26(32)23(35-3)14-25(38-17)39-19-5-12-30(36-4)22-6-9-27(2)20(18-13-24(31)37-16-18)8-11-29(27,34)21(22)7-10-28(30,33)15-19/h13,17,19-23,25-26,32-34H,5-12,14-16H2,1-4H3. The molecule has 9 nitrogen and oxygen atoms in total. The maximum atomic E-state index is 12.4. The number of methoxy groups -OCH3 is 2. The molecule has 0 spiro atoms. The van der Waals surface area contributed by atoms with Gasteiger partial charge in [-0.2, -0.15) is 0 Å². The molecule has 0 amide bonds. The maximum absolute atomic E-state index is 12.4. The summed E-state index contributed by atoms with van der Waals surface area (Å²) >= 11 is 0. The largest absolute Gasteiger partial charge is 0.458 e. The molecule has 9 heteroatoms. The van der Waals surface area contributed by atoms with E-state index in [1.807, 2.05) is 6.92 Å². The van der Waals surface area contributed by atoms with E-state index in [0.29, 0.717) is 38.7 Å². The van der Waals surface area contributed by atoms with Gasteiger partial charge in [0.25, 0.3) is 0 Å². The van der Waals surface area contributed by atoms with Crippen LogP contribution in [0.4, 0.5) is 0 Å². The molecule has 5 fully saturated rings. The summed E-state index contributed by atoms with van der Waals surface area (Å²) in [5.41, 5.74) is -2.01. The molecule has 0 radical (unpaired) electrons. The molecule has 39 heavy (non-hydrogen) atoms. The number of cyclic esters (lactones) is 1. The molecule has 0 aromatic carbocycles. The Morgan fingerprint density at radius 1 is 1.03 bits per heavy atom. The second-order valence-electron chi connectivity index (χ2n) is 13.4. The molecule has 12 atom stereocenters. The van der Waals surface area contributed by atoms with Crippen molar-refractivity contribution in [3.8, 4) is 0 Å². The van der Waals surface area contributed by atoms with E-state index < -0.39 is 35.3 Å². The van der Waals surface area contributed by atoms with Crippen molar-refractivity contribution in [1.29, 1.82) is 0 Å². The van der Waals surface area contributed by atoms with E-state index in [-0.39, 0.29) is 41.3 Å². The number of esters is 1. The van der Waals surface area contributed by atoms with Crippen molar-refractivity contribution < 1.29 is 43.8 Å². The van der Waals surface area contributed by atoms with Crippen molar-refractivity contribution in [1.82, 2.24) is 0 Å². The van der Waals surface area contributed by atoms with Crippen molar-refractivity contribution in [3.63, 3.8) is 0 Å². The Bertz CT molecular complexity index is 1000. The van der Waals surface area contributed by atoms with Crippen LogP contribution in [0.5, 0.6) is 0 Å². The lowest BCUT2D eigenvalue weighted by Gasteiger charge is -2.66. The average Bonchev–Trinajstić information content (AvgIpc) is 3.45. The number of ether oxygens (including phenoxy) is 5. The molecule has 6 rings (SSSR count). The molecule has 220 valence electrons. The lowest BCUT2D eigenvalue weighted by Crippen LogP contribution is -2.72. The number of aliphatic hydroxyl groups excluding tert-OH is 1. The molecule has 0 aromatic rings. The Morgan fingerprint density at radius 3 is 2.49 bits per heavy atom. The van der Waals surface area contributed by atoms with Crippen LogP contribution in [0.1, 0.15) is 78.1 Å². The summed E-state index contributed by atoms with van der Waals surface area (Å²) in [4.78, 5) is 11.8. The van der Waals surface area contributed by atoms with Crippen LogP contribution in [0, 0.1) is 23.2 Å². The molecule has 0 bridgehead atoms. The van der Waals surface area contributed by atoms with Gasteiger partial charge in [0.2, 0.25) is 0 Å². The lowest BCUT2D eigenvalue weighted by atomic mass is 9.45. The third-order valence-corrected chi connectivity index (χ3v) is 12.1. The minimum absolute atomic E-state index is 0.0176. The summed E-state index contributed by atoms with van der Waals surface area (Å²) in [6, 6.07) is 0. The van der Waals surface area contributed by atoms with E-state index >= 15 is 0 Å². The van der Waals surface area contributed by atoms with Gasteiger partial charge in [-0.1, -0.05) is 6.92 Å². The summed E-state index contributed by atoms with van der Waals surface area (Å²) in [5.74, 6) is -0.0945. The van der Waals surface area contributed by atoms with Gasteiger partial charge in [-0.3, -0.25) is 0 Å². The summed E-state index contributed by atoms with van der Waals surface area (Å²) in [5, 5.41) is 35.0. The smallest absolute Gasteiger partial charge is 0.331 e. The molecule has 6 aliphatic rings. The fourth-order valence-corrected chi connectivity index (χ4v) is 10.0. The number of hydrogen-bond donors (Lipinski definition) is 3. The van der Waals surface area contributed by atoms with Crippen molar-refractivity contribution in [2.24, 2.45) is 23.2 Å². The first-order valence-electron chi connectivity index (χ1n) is 14.9. The highest BCUT2D eigenvalue weighted by Crippen LogP contribution is 2.69. The fraction of sp³-hybridized carbons (Fsp3) is 0.900. The van der Waals surface area contributed by atoms with E-state index in [1.54, 1.807) is 20.3 Å². The van der Waals surface area contributed by atoms with Gasteiger partial charge in [-0.15, -0.1) is 0 Å². The highest BCUT2D eigenvalue weighted by molar-refractivity contribution is 5.85. The molecule has 2 aliphatic heterocycles. The molecular formula is C30H46O9. The Kier molecular flexibility index (Phi) is 7.02. The highest BCUT2D eigenvalue weighted by Gasteiger charge is 2.72. The Morgan fingerprint density at radius 2 is 1.79 bits per heavy atom. The molecule has 4 saturated carbocycles. The van der Waals surface area contributed by atoms with E-state index in [1.165, 1.54) is 0 Å². The van der Waals surface area contributed by atoms with Gasteiger partial charge in [0.15, 0.2) is 6.29 Å². The summed E-state index contributed by atoms with van der Waals surface area (Å²) < 4.78 is 29.4. The van der Waals surface area contributed by atoms with Crippen molar-refractivity contribution >= 4 is 5.97 Å². The van der Waals surface area contributed by atoms with Gasteiger partial charge in [0.05, 0.1) is 35.1 Å². The molecule has 3 N–H and O–H groups in total. The zero-order chi connectivity index (χ0) is 27.8. The lowest BCUT2D eigenvalue weighted by molar-refractivity contribution is -0.315. The van der Waals surface area contributed by atoms with Crippen LogP contribution < -0.4 is 0 Å². The SMILES string of the molecule is COC1CC(OC2CCC3(OC)C4CCC5(C)C(C6=CC(=O)OC6)CCC5(O)C4CCC3(O)C2)OC(C)C1O. The minimum Gasteiger partial charge on any atom is -0.458 e. The summed E-state index contributed by atoms with van der Waals surface area (Å²) in [6.07, 6.45) is 6.23. The predicted octanol–water partition coefficient (Wildman–Crippen LogP) is 2.63. The quantitative estimate of drug-likeness (QED) is 0.350. The van der Waals surface area contributed by atoms with Gasteiger partial charge >= 0.3 is 5.97 Å². The van der Waals surface area contributed by atoms with Crippen LogP contribution in [-0.4, -0.2) is 89.6 Å². The Balaban J connectivity index is 1.20. The topological polar surface area (TPSA) is 124 Å². The number of carbonyl (C=O) groups is 1. The molecule has 0 aromatic heterocycles. The number of hydrogen-bond acceptors (Lipinski definition) is 9. The van der Waals surface area contributed by atoms with E-state index in [0.717, 1.165) is 37.7 Å². The van der Waals surface area contributed by atoms with Gasteiger partial charge in [0, 0.05) is 38.6 Å². The molecule has 1 saturated heterocycles. The van der Waals surface area contributed by atoms with Crippen LogP contribution >= 0.6 is 0 Å². The van der Waals surface area contributed by atoms with Crippen LogP contribution in [0.25, 0.3) is 0 Å². The normalized spacial score (nSPS) is 53.4. The highest BCUT2D eigenvalue weighted by atomic mass is 16.7. The van der Waals surface area contributed by atoms with Crippen LogP contribution in [0.2, 0.25) is 0 Å². The first-order chi connectivity index (χ1) is 18.5. The summed E-state index contributed by atoms with van der Waals surface area (Å²) in [6.45, 7) is 4.35. The van der Waals surface area contributed by atoms with Crippen molar-refractivity contribution in [3.05, 3.63) is 11.6 Å². The average molecular weight is 551 g/mol. The first-order valence-corrected chi connectivity index (χ1v) is 14.9. The van der Waals surface area contributed by atoms with E-state index in [2.05, 4.69) is 6.92 Å². The molecular weight excluding hydrogens is 504 g/mol. The maximum Gasteiger partial charge on any atom is 0.331 e. The third-order valence-electron chi connectivity index (χ3n) is 12.1. The molecule has 4 aliphatic carbocycles. The zero-order valence-electron chi connectivity index (χ0n) is 23.8. The fourth-order valence-electron chi connectivity index (χ4n) is 10.0. The third kappa shape index (κ3) is 4.02. The Hall–Kier alpha value is -1.07. The Labute approximate surface area is 231 Å². The minimum atomic E-state index is -1.07. The van der Waals surface area contributed by atoms with Crippen LogP contribution in [-0.2, 0) is 28.5 Å². The molecule has 12 unspecified atom stereocenters. The van der Waals surface area contributed by atoms with E-state index in [4.69, 9.17) is 23.7 Å². The second kappa shape index (κ2) is 9.75. The van der Waals surface area contributed by atoms with Crippen molar-refractivity contribution in [2.75, 3.05) is 20.8 Å². The zero-order valence-corrected chi connectivity index (χ0v) is 23.8. The monoisotopic (exact) mass is 550 g/mol. The molecule has 2 heterocycles. The van der Waals surface area contributed by atoms with Gasteiger partial charge < -0.3 is 39.0 Å². The first kappa shape index (κ1) is 28.1. The van der Waals surface area contributed by atoms with Crippen LogP contribution in [0.15, 0.2) is 11.6 Å². The number of aliphatic hydroxyl groups is 3. The van der Waals surface area contributed by atoms with Gasteiger partial charge in [-0.05, 0) is 81.6 Å². The number of rotatable bonds is 5. The summed E-state index contributed by atoms with van der Waals surface area (Å²) in [7, 11) is 3.30. The second-order valence-corrected chi connectivity index (χ2v) is 13.4. The van der Waals surface area contributed by atoms with Gasteiger partial charge in [-0.25, -0.2) is 4.79 Å². The number of carbonyl (C=O) groups excluding carboxylic acids is 1. The van der Waals surface area contributed by atoms with Crippen molar-refractivity contribution in [2.45, 2.75) is 126 Å². The van der Waals surface area contributed by atoms with Gasteiger partial charge in [0.1, 0.15) is 12.7 Å². The predicted molar refractivity (Wildman–Crippen MR) is 139 cm³/mol. The number of fused-ring (bicyclic) bond motifs is 5. The van der Waals surface area contributed by atoms with E-state index in [9.17, 15) is 20.1 Å².